The maximum Gasteiger partial charge on any atom is 0.235 e. The molecular weight excluding hydrogens is 192 g/mol. The zero-order valence-electron chi connectivity index (χ0n) is 8.51. The summed E-state index contributed by atoms with van der Waals surface area (Å²) >= 11 is 0. The summed E-state index contributed by atoms with van der Waals surface area (Å²) < 4.78 is 1.78. The molecule has 0 unspecified atom stereocenters. The molecule has 0 saturated heterocycles. The Morgan fingerprint density at radius 3 is 2.40 bits per heavy atom. The zero-order valence-corrected chi connectivity index (χ0v) is 8.51. The van der Waals surface area contributed by atoms with Crippen LogP contribution in [0.3, 0.4) is 0 Å². The fourth-order valence-electron chi connectivity index (χ4n) is 1.34. The molecule has 0 atom stereocenters. The number of aryl methyl sites for hydroxylation is 2. The normalized spacial score (nSPS) is 10.3. The molecule has 0 spiro atoms. The van der Waals surface area contributed by atoms with Gasteiger partial charge in [-0.05, 0) is 13.8 Å². The van der Waals surface area contributed by atoms with Gasteiger partial charge in [0.1, 0.15) is 5.82 Å². The molecule has 76 valence electrons. The maximum atomic E-state index is 10.4. The number of hydrogen-bond acceptors (Lipinski definition) is 4. The van der Waals surface area contributed by atoms with Crippen molar-refractivity contribution < 1.29 is 4.79 Å². The lowest BCUT2D eigenvalue weighted by Crippen LogP contribution is -2.02. The highest BCUT2D eigenvalue weighted by Gasteiger charge is 2.05. The summed E-state index contributed by atoms with van der Waals surface area (Å²) in [5, 5.41) is 0. The maximum absolute atomic E-state index is 10.4. The first-order valence-corrected chi connectivity index (χ1v) is 4.51. The highest BCUT2D eigenvalue weighted by atomic mass is 16.1. The van der Waals surface area contributed by atoms with Crippen LogP contribution in [0.15, 0.2) is 18.6 Å². The third kappa shape index (κ3) is 1.76. The van der Waals surface area contributed by atoms with E-state index in [2.05, 4.69) is 15.0 Å². The minimum atomic E-state index is 0.466. The van der Waals surface area contributed by atoms with Gasteiger partial charge in [0, 0.05) is 18.6 Å². The Kier molecular flexibility index (Phi) is 2.29. The van der Waals surface area contributed by atoms with E-state index >= 15 is 0 Å². The van der Waals surface area contributed by atoms with Crippen LogP contribution < -0.4 is 0 Å². The van der Waals surface area contributed by atoms with E-state index in [0.717, 1.165) is 17.8 Å². The highest BCUT2D eigenvalue weighted by molar-refractivity contribution is 5.73. The van der Waals surface area contributed by atoms with Crippen LogP contribution in [-0.4, -0.2) is 25.8 Å². The quantitative estimate of drug-likeness (QED) is 0.684. The summed E-state index contributed by atoms with van der Waals surface area (Å²) in [4.78, 5) is 22.8. The van der Waals surface area contributed by atoms with Crippen LogP contribution in [0.25, 0.3) is 5.95 Å². The van der Waals surface area contributed by atoms with E-state index in [1.54, 1.807) is 4.57 Å². The minimum absolute atomic E-state index is 0.466. The van der Waals surface area contributed by atoms with E-state index in [-0.39, 0.29) is 0 Å². The fraction of sp³-hybridized carbons (Fsp3) is 0.200. The average molecular weight is 202 g/mol. The molecule has 2 aromatic rings. The number of hydrogen-bond donors (Lipinski definition) is 0. The van der Waals surface area contributed by atoms with Crippen molar-refractivity contribution in [1.82, 2.24) is 19.5 Å². The van der Waals surface area contributed by atoms with Crippen LogP contribution in [-0.2, 0) is 0 Å². The molecule has 5 heteroatoms. The molecule has 0 aliphatic heterocycles. The summed E-state index contributed by atoms with van der Waals surface area (Å²) in [6.45, 7) is 3.79. The molecule has 5 nitrogen and oxygen atoms in total. The molecule has 0 aliphatic carbocycles. The Labute approximate surface area is 86.8 Å². The molecule has 0 saturated carbocycles. The van der Waals surface area contributed by atoms with Crippen LogP contribution >= 0.6 is 0 Å². The van der Waals surface area contributed by atoms with Gasteiger partial charge in [-0.2, -0.15) is 0 Å². The second-order valence-corrected chi connectivity index (χ2v) is 3.23. The van der Waals surface area contributed by atoms with Gasteiger partial charge in [-0.1, -0.05) is 0 Å². The van der Waals surface area contributed by atoms with Gasteiger partial charge in [-0.25, -0.2) is 15.0 Å². The molecule has 15 heavy (non-hydrogen) atoms. The van der Waals surface area contributed by atoms with E-state index < -0.39 is 0 Å². The van der Waals surface area contributed by atoms with Crippen molar-refractivity contribution in [2.24, 2.45) is 0 Å². The van der Waals surface area contributed by atoms with Crippen LogP contribution in [0.2, 0.25) is 0 Å². The van der Waals surface area contributed by atoms with Gasteiger partial charge >= 0.3 is 0 Å². The first kappa shape index (κ1) is 9.51. The lowest BCUT2D eigenvalue weighted by atomic mass is 10.4. The standard InChI is InChI=1S/C10H10N4O/c1-7-5-14(8(2)13-7)10-11-3-9(6-15)4-12-10/h3-6H,1-2H3. The molecule has 0 N–H and O–H groups in total. The van der Waals surface area contributed by atoms with Crippen molar-refractivity contribution in [3.8, 4) is 5.95 Å². The molecule has 0 amide bonds. The van der Waals surface area contributed by atoms with Crippen LogP contribution in [0.1, 0.15) is 21.9 Å². The number of aldehydes is 1. The van der Waals surface area contributed by atoms with E-state index in [1.165, 1.54) is 12.4 Å². The molecule has 2 rings (SSSR count). The van der Waals surface area contributed by atoms with Crippen molar-refractivity contribution in [2.45, 2.75) is 13.8 Å². The number of carbonyl (C=O) groups excluding carboxylic acids is 1. The van der Waals surface area contributed by atoms with Crippen molar-refractivity contribution in [1.29, 1.82) is 0 Å². The first-order chi connectivity index (χ1) is 7.20. The number of rotatable bonds is 2. The zero-order chi connectivity index (χ0) is 10.8. The van der Waals surface area contributed by atoms with Gasteiger partial charge in [-0.15, -0.1) is 0 Å². The number of aromatic nitrogens is 4. The van der Waals surface area contributed by atoms with E-state index in [1.807, 2.05) is 20.0 Å². The van der Waals surface area contributed by atoms with Crippen LogP contribution in [0.4, 0.5) is 0 Å². The molecular formula is C10H10N4O. The van der Waals surface area contributed by atoms with Crippen LogP contribution in [0, 0.1) is 13.8 Å². The third-order valence-corrected chi connectivity index (χ3v) is 2.01. The second kappa shape index (κ2) is 3.61. The predicted octanol–water partition coefficient (Wildman–Crippen LogP) is 1.09. The van der Waals surface area contributed by atoms with Crippen molar-refractivity contribution in [3.05, 3.63) is 35.7 Å². The molecule has 0 aliphatic rings. The summed E-state index contributed by atoms with van der Waals surface area (Å²) in [5.74, 6) is 1.35. The van der Waals surface area contributed by atoms with E-state index in [9.17, 15) is 4.79 Å². The topological polar surface area (TPSA) is 60.7 Å². The summed E-state index contributed by atoms with van der Waals surface area (Å²) in [6.07, 6.45) is 5.55. The third-order valence-electron chi connectivity index (χ3n) is 2.01. The first-order valence-electron chi connectivity index (χ1n) is 4.51. The Morgan fingerprint density at radius 1 is 1.27 bits per heavy atom. The van der Waals surface area contributed by atoms with Gasteiger partial charge in [0.2, 0.25) is 5.95 Å². The van der Waals surface area contributed by atoms with Crippen molar-refractivity contribution in [2.75, 3.05) is 0 Å². The van der Waals surface area contributed by atoms with Gasteiger partial charge in [0.15, 0.2) is 6.29 Å². The lowest BCUT2D eigenvalue weighted by Gasteiger charge is -2.01. The molecule has 0 aromatic carbocycles. The van der Waals surface area contributed by atoms with Gasteiger partial charge < -0.3 is 0 Å². The molecule has 2 aromatic heterocycles. The Hall–Kier alpha value is -2.04. The second-order valence-electron chi connectivity index (χ2n) is 3.23. The molecule has 2 heterocycles. The summed E-state index contributed by atoms with van der Waals surface area (Å²) in [5.41, 5.74) is 1.38. The largest absolute Gasteiger partial charge is 0.298 e. The molecule has 0 fully saturated rings. The number of carbonyl (C=O) groups is 1. The molecule has 0 radical (unpaired) electrons. The number of imidazole rings is 1. The Morgan fingerprint density at radius 2 is 1.93 bits per heavy atom. The monoisotopic (exact) mass is 202 g/mol. The highest BCUT2D eigenvalue weighted by Crippen LogP contribution is 2.06. The van der Waals surface area contributed by atoms with Gasteiger partial charge in [0.25, 0.3) is 0 Å². The summed E-state index contributed by atoms with van der Waals surface area (Å²) in [7, 11) is 0. The fourth-order valence-corrected chi connectivity index (χ4v) is 1.34. The van der Waals surface area contributed by atoms with E-state index in [4.69, 9.17) is 0 Å². The SMILES string of the molecule is Cc1cn(-c2ncc(C=O)cn2)c(C)n1. The average Bonchev–Trinajstić information content (AvgIpc) is 2.58. The van der Waals surface area contributed by atoms with Crippen molar-refractivity contribution >= 4 is 6.29 Å². The van der Waals surface area contributed by atoms with E-state index in [0.29, 0.717) is 11.5 Å². The lowest BCUT2D eigenvalue weighted by molar-refractivity contribution is 0.112. The van der Waals surface area contributed by atoms with Gasteiger partial charge in [0.05, 0.1) is 11.3 Å². The van der Waals surface area contributed by atoms with Crippen molar-refractivity contribution in [3.63, 3.8) is 0 Å². The smallest absolute Gasteiger partial charge is 0.235 e. The Bertz CT molecular complexity index is 487. The summed E-state index contributed by atoms with van der Waals surface area (Å²) in [6, 6.07) is 0. The van der Waals surface area contributed by atoms with Crippen LogP contribution in [0.5, 0.6) is 0 Å². The van der Waals surface area contributed by atoms with Gasteiger partial charge in [-0.3, -0.25) is 9.36 Å². The number of nitrogens with zero attached hydrogens (tertiary/aromatic N) is 4. The predicted molar refractivity (Wildman–Crippen MR) is 54.0 cm³/mol. The minimum Gasteiger partial charge on any atom is -0.298 e. The molecule has 0 bridgehead atoms. The Balaban J connectivity index is 2.45.